The highest BCUT2D eigenvalue weighted by Crippen LogP contribution is 2.44. The van der Waals surface area contributed by atoms with Crippen molar-refractivity contribution < 1.29 is 0 Å². The minimum absolute atomic E-state index is 0.895. The number of unbranched alkanes of at least 4 members (excludes halogenated alkanes) is 1. The number of H-pyrrole nitrogens is 4. The minimum atomic E-state index is 0.895. The van der Waals surface area contributed by atoms with Gasteiger partial charge in [-0.05, 0) is 254 Å². The van der Waals surface area contributed by atoms with Crippen molar-refractivity contribution in [1.29, 1.82) is 0 Å². The lowest BCUT2D eigenvalue weighted by atomic mass is 9.92. The van der Waals surface area contributed by atoms with Gasteiger partial charge >= 0.3 is 0 Å². The van der Waals surface area contributed by atoms with Gasteiger partial charge in [0.05, 0.1) is 45.6 Å². The third-order valence-corrected chi connectivity index (χ3v) is 19.5. The summed E-state index contributed by atoms with van der Waals surface area (Å²) in [5.74, 6) is 0. The van der Waals surface area contributed by atoms with Gasteiger partial charge in [-0.3, -0.25) is 0 Å². The predicted octanol–water partition coefficient (Wildman–Crippen LogP) is 20.9. The molecule has 0 saturated heterocycles. The summed E-state index contributed by atoms with van der Waals surface area (Å²) in [6.07, 6.45) is 18.7. The number of nitrogens with zero attached hydrogens (tertiary/aromatic N) is 4. The van der Waals surface area contributed by atoms with E-state index in [0.717, 1.165) is 163 Å². The maximum Gasteiger partial charge on any atom is 0.0725 e. The zero-order valence-electron chi connectivity index (χ0n) is 54.4. The molecule has 0 saturated carbocycles. The largest absolute Gasteiger partial charge is 0.355 e. The highest BCUT2D eigenvalue weighted by Gasteiger charge is 2.28. The van der Waals surface area contributed by atoms with Crippen molar-refractivity contribution >= 4 is 88.7 Å². The molecule has 0 atom stereocenters. The van der Waals surface area contributed by atoms with Crippen LogP contribution in [0, 0.1) is 0 Å². The van der Waals surface area contributed by atoms with Crippen molar-refractivity contribution in [3.8, 4) is 0 Å². The van der Waals surface area contributed by atoms with Gasteiger partial charge < -0.3 is 19.9 Å². The summed E-state index contributed by atoms with van der Waals surface area (Å²) in [6.45, 7) is 37.1. The Morgan fingerprint density at radius 3 is 0.774 bits per heavy atom. The topological polar surface area (TPSA) is 115 Å². The van der Waals surface area contributed by atoms with E-state index in [-0.39, 0.29) is 0 Å². The summed E-state index contributed by atoms with van der Waals surface area (Å²) >= 11 is 0. The first-order chi connectivity index (χ1) is 40.9. The monoisotopic (exact) mass is 1120 g/mol. The third kappa shape index (κ3) is 10.3. The number of aromatic amines is 4. The highest BCUT2D eigenvalue weighted by molar-refractivity contribution is 5.99. The highest BCUT2D eigenvalue weighted by atomic mass is 14.8. The first-order valence-electron chi connectivity index (χ1n) is 33.4. The standard InChI is InChI=1S/C76H98N8/c1-17-43-47(21-5)65-39-69-51(25-9)55(29-13)73(81-69)59(74-56(30-14)52(26-10)70(82-74)40-66-48(22-6)44(18-2)62(78-66)37-61(43)77-65)35-33-34-36-60-75-57(31-15)53(27-11)71(83-75)41-67-49(23-7)45(19-3)63(79-67)38-64-46(20-4)50(24-8)68(80-64)42-72-54(28-12)58(32-16)76(60)84-72/h37-42,77,79,81,84H,17-36H2,1-16H3. The Hall–Kier alpha value is -6.80. The first-order valence-corrected chi connectivity index (χ1v) is 33.4. The second-order valence-electron chi connectivity index (χ2n) is 23.5. The van der Waals surface area contributed by atoms with Gasteiger partial charge in [0.15, 0.2) is 0 Å². The van der Waals surface area contributed by atoms with E-state index in [9.17, 15) is 0 Å². The molecule has 0 fully saturated rings. The van der Waals surface area contributed by atoms with E-state index < -0.39 is 0 Å². The fraction of sp³-hybridized carbons (Fsp3) is 0.474. The maximum atomic E-state index is 5.87. The molecule has 0 aliphatic carbocycles. The molecule has 0 unspecified atom stereocenters. The van der Waals surface area contributed by atoms with Gasteiger partial charge in [0.1, 0.15) is 0 Å². The molecular weight excluding hydrogens is 1020 g/mol. The molecule has 0 aromatic carbocycles. The average Bonchev–Trinajstić information content (AvgIpc) is 2.67. The summed E-state index contributed by atoms with van der Waals surface area (Å²) in [4.78, 5) is 39.2. The number of allylic oxidation sites excluding steroid dienone is 8. The van der Waals surface area contributed by atoms with Gasteiger partial charge in [0, 0.05) is 55.3 Å². The Kier molecular flexibility index (Phi) is 18.5. The van der Waals surface area contributed by atoms with Crippen molar-refractivity contribution in [2.75, 3.05) is 0 Å². The van der Waals surface area contributed by atoms with Crippen molar-refractivity contribution in [1.82, 2.24) is 39.9 Å². The molecular formula is C76H98N8. The van der Waals surface area contributed by atoms with Crippen LogP contribution in [0.4, 0.5) is 0 Å². The lowest BCUT2D eigenvalue weighted by molar-refractivity contribution is 0.732. The molecule has 8 nitrogen and oxygen atoms in total. The predicted molar refractivity (Wildman–Crippen MR) is 363 cm³/mol. The quantitative estimate of drug-likeness (QED) is 0.0538. The molecule has 6 aromatic heterocycles. The molecule has 8 heteroatoms. The summed E-state index contributed by atoms with van der Waals surface area (Å²) in [5, 5.41) is 0. The van der Waals surface area contributed by atoms with Crippen LogP contribution in [0.2, 0.25) is 0 Å². The first kappa shape index (κ1) is 60.3. The molecule has 84 heavy (non-hydrogen) atoms. The molecule has 4 aliphatic rings. The van der Waals surface area contributed by atoms with Gasteiger partial charge in [0.2, 0.25) is 0 Å². The average molecular weight is 1120 g/mol. The number of aryl methyl sites for hydroxylation is 10. The molecule has 0 spiro atoms. The SMILES string of the molecule is CCC1=C(CC)c2cc3[nH]c(cc4[nH]c(c(CCCCc5c6nc(cc7[nH]c(cc8nc(cc9[nH]c5c(CC)c9CC)C(CC)=C8CC)c(CC)c7CC)C(CC)=C6CC)c5nc(cc1n2)C(CC)=C5CC)c(CC)c4CC)c(CC)c3CC. The van der Waals surface area contributed by atoms with E-state index >= 15 is 0 Å². The summed E-state index contributed by atoms with van der Waals surface area (Å²) in [5.41, 5.74) is 43.4. The fourth-order valence-corrected chi connectivity index (χ4v) is 15.6. The van der Waals surface area contributed by atoms with E-state index in [1.807, 2.05) is 0 Å². The fourth-order valence-electron chi connectivity index (χ4n) is 15.6. The van der Waals surface area contributed by atoms with E-state index in [0.29, 0.717) is 0 Å². The van der Waals surface area contributed by atoms with E-state index in [1.54, 1.807) is 0 Å². The number of aromatic nitrogens is 8. The molecule has 0 radical (unpaired) electrons. The maximum absolute atomic E-state index is 5.87. The van der Waals surface area contributed by atoms with Crippen LogP contribution in [0.25, 0.3) is 88.7 Å². The van der Waals surface area contributed by atoms with E-state index in [1.165, 1.54) is 156 Å². The zero-order valence-corrected chi connectivity index (χ0v) is 54.4. The summed E-state index contributed by atoms with van der Waals surface area (Å²) in [7, 11) is 0. The Morgan fingerprint density at radius 2 is 0.464 bits per heavy atom. The normalized spacial score (nSPS) is 13.8. The number of nitrogens with one attached hydrogen (secondary N) is 4. The Balaban J connectivity index is 1.24. The van der Waals surface area contributed by atoms with Gasteiger partial charge in [-0.1, -0.05) is 111 Å². The van der Waals surface area contributed by atoms with Crippen LogP contribution in [0.3, 0.4) is 0 Å². The molecule has 16 bridgehead atoms. The van der Waals surface area contributed by atoms with E-state index in [2.05, 4.69) is 167 Å². The number of fused-ring (bicyclic) bond motifs is 16. The van der Waals surface area contributed by atoms with Gasteiger partial charge in [-0.15, -0.1) is 0 Å². The van der Waals surface area contributed by atoms with Crippen LogP contribution < -0.4 is 0 Å². The molecule has 10 rings (SSSR count). The van der Waals surface area contributed by atoms with Crippen molar-refractivity contribution in [3.63, 3.8) is 0 Å². The van der Waals surface area contributed by atoms with Gasteiger partial charge in [-0.2, -0.15) is 0 Å². The lowest BCUT2D eigenvalue weighted by Gasteiger charge is -2.12. The molecule has 6 aromatic rings. The zero-order chi connectivity index (χ0) is 59.7. The van der Waals surface area contributed by atoms with Crippen molar-refractivity contribution in [3.05, 3.63) is 138 Å². The Labute approximate surface area is 502 Å². The third-order valence-electron chi connectivity index (χ3n) is 19.5. The minimum Gasteiger partial charge on any atom is -0.355 e. The second kappa shape index (κ2) is 25.8. The van der Waals surface area contributed by atoms with Gasteiger partial charge in [0.25, 0.3) is 0 Å². The summed E-state index contributed by atoms with van der Waals surface area (Å²) in [6, 6.07) is 14.3. The molecule has 0 amide bonds. The van der Waals surface area contributed by atoms with Crippen LogP contribution in [-0.2, 0) is 64.2 Å². The van der Waals surface area contributed by atoms with Crippen LogP contribution >= 0.6 is 0 Å². The number of rotatable bonds is 21. The Morgan fingerprint density at radius 1 is 0.226 bits per heavy atom. The molecule has 4 aliphatic heterocycles. The van der Waals surface area contributed by atoms with Crippen LogP contribution in [0.1, 0.15) is 276 Å². The van der Waals surface area contributed by atoms with E-state index in [4.69, 9.17) is 19.9 Å². The smallest absolute Gasteiger partial charge is 0.0725 e. The number of hydrogen-bond donors (Lipinski definition) is 4. The molecule has 4 N–H and O–H groups in total. The summed E-state index contributed by atoms with van der Waals surface area (Å²) < 4.78 is 0. The van der Waals surface area contributed by atoms with Gasteiger partial charge in [-0.25, -0.2) is 19.9 Å². The van der Waals surface area contributed by atoms with Crippen molar-refractivity contribution in [2.24, 2.45) is 0 Å². The molecule has 442 valence electrons. The van der Waals surface area contributed by atoms with Crippen LogP contribution in [0.15, 0.2) is 36.4 Å². The Bertz CT molecular complexity index is 4030. The van der Waals surface area contributed by atoms with Crippen LogP contribution in [0.5, 0.6) is 0 Å². The van der Waals surface area contributed by atoms with Crippen LogP contribution in [-0.4, -0.2) is 39.9 Å². The second-order valence-corrected chi connectivity index (χ2v) is 23.5. The molecule has 10 heterocycles. The van der Waals surface area contributed by atoms with Crippen molar-refractivity contribution in [2.45, 2.75) is 239 Å². The number of hydrogen-bond acceptors (Lipinski definition) is 4. The lowest BCUT2D eigenvalue weighted by Crippen LogP contribution is -2.00.